The normalized spacial score (nSPS) is 13.0. The van der Waals surface area contributed by atoms with Crippen LogP contribution in [0.3, 0.4) is 0 Å². The number of carboxylic acids is 1. The quantitative estimate of drug-likeness (QED) is 0.481. The Hall–Kier alpha value is -3.39. The zero-order valence-corrected chi connectivity index (χ0v) is 18.7. The van der Waals surface area contributed by atoms with Gasteiger partial charge < -0.3 is 25.2 Å². The van der Waals surface area contributed by atoms with Crippen molar-refractivity contribution in [3.63, 3.8) is 0 Å². The van der Waals surface area contributed by atoms with Crippen LogP contribution in [0.25, 0.3) is 11.1 Å². The number of carboxylic acid groups (broad SMARTS) is 1. The standard InChI is InChI=1S/C25H30N2O6/c1-2-12-27(13-11-24(30)31)23(29)14-17(28)15-26-25(32)33-16-22-20-9-5-3-7-18(20)19-8-4-6-10-21(19)22/h3-10,17,22,28H,2,11-16H2,1H3,(H,26,32)(H,30,31). The Morgan fingerprint density at radius 1 is 1.03 bits per heavy atom. The van der Waals surface area contributed by atoms with Crippen molar-refractivity contribution in [1.29, 1.82) is 0 Å². The van der Waals surface area contributed by atoms with Gasteiger partial charge >= 0.3 is 12.1 Å². The molecule has 0 saturated carbocycles. The van der Waals surface area contributed by atoms with Crippen LogP contribution < -0.4 is 5.32 Å². The van der Waals surface area contributed by atoms with Gasteiger partial charge in [0, 0.05) is 25.6 Å². The fourth-order valence-electron chi connectivity index (χ4n) is 4.12. The molecule has 0 saturated heterocycles. The maximum Gasteiger partial charge on any atom is 0.407 e. The highest BCUT2D eigenvalue weighted by molar-refractivity contribution is 5.79. The van der Waals surface area contributed by atoms with Gasteiger partial charge in [0.2, 0.25) is 5.91 Å². The van der Waals surface area contributed by atoms with E-state index in [1.165, 1.54) is 4.90 Å². The number of fused-ring (bicyclic) bond motifs is 3. The van der Waals surface area contributed by atoms with Crippen LogP contribution in [0.2, 0.25) is 0 Å². The van der Waals surface area contributed by atoms with Gasteiger partial charge in [0.15, 0.2) is 0 Å². The van der Waals surface area contributed by atoms with Crippen LogP contribution in [-0.2, 0) is 14.3 Å². The number of nitrogens with zero attached hydrogens (tertiary/aromatic N) is 1. The molecular formula is C25H30N2O6. The molecule has 3 rings (SSSR count). The van der Waals surface area contributed by atoms with Crippen molar-refractivity contribution < 1.29 is 29.3 Å². The Bertz CT molecular complexity index is 947. The molecule has 2 aromatic carbocycles. The number of carbonyl (C=O) groups excluding carboxylic acids is 2. The fraction of sp³-hybridized carbons (Fsp3) is 0.400. The second-order valence-electron chi connectivity index (χ2n) is 8.09. The number of ether oxygens (including phenoxy) is 1. The molecule has 176 valence electrons. The average molecular weight is 455 g/mol. The van der Waals surface area contributed by atoms with Crippen molar-refractivity contribution >= 4 is 18.0 Å². The van der Waals surface area contributed by atoms with Crippen molar-refractivity contribution in [1.82, 2.24) is 10.2 Å². The first-order chi connectivity index (χ1) is 15.9. The molecule has 1 atom stereocenters. The Labute approximate surface area is 193 Å². The van der Waals surface area contributed by atoms with Crippen LogP contribution in [0.4, 0.5) is 4.79 Å². The molecule has 1 aliphatic carbocycles. The van der Waals surface area contributed by atoms with Crippen LogP contribution >= 0.6 is 0 Å². The first-order valence-corrected chi connectivity index (χ1v) is 11.2. The molecule has 0 aromatic heterocycles. The van der Waals surface area contributed by atoms with Crippen LogP contribution in [-0.4, -0.2) is 65.4 Å². The predicted octanol–water partition coefficient (Wildman–Crippen LogP) is 2.99. The molecule has 0 heterocycles. The molecule has 1 unspecified atom stereocenters. The van der Waals surface area contributed by atoms with Gasteiger partial charge in [-0.3, -0.25) is 9.59 Å². The van der Waals surface area contributed by atoms with Gasteiger partial charge in [0.05, 0.1) is 18.9 Å². The summed E-state index contributed by atoms with van der Waals surface area (Å²) >= 11 is 0. The third kappa shape index (κ3) is 6.32. The molecule has 2 amide bonds. The highest BCUT2D eigenvalue weighted by Crippen LogP contribution is 2.44. The third-order valence-corrected chi connectivity index (χ3v) is 5.68. The van der Waals surface area contributed by atoms with Crippen molar-refractivity contribution in [2.75, 3.05) is 26.2 Å². The number of hydrogen-bond acceptors (Lipinski definition) is 5. The zero-order chi connectivity index (χ0) is 23.8. The van der Waals surface area contributed by atoms with E-state index in [2.05, 4.69) is 17.4 Å². The lowest BCUT2D eigenvalue weighted by atomic mass is 9.98. The van der Waals surface area contributed by atoms with Crippen molar-refractivity contribution in [3.05, 3.63) is 59.7 Å². The zero-order valence-electron chi connectivity index (χ0n) is 18.7. The minimum atomic E-state index is -1.10. The predicted molar refractivity (Wildman–Crippen MR) is 123 cm³/mol. The second-order valence-corrected chi connectivity index (χ2v) is 8.09. The molecule has 1 aliphatic rings. The highest BCUT2D eigenvalue weighted by Gasteiger charge is 2.29. The van der Waals surface area contributed by atoms with E-state index >= 15 is 0 Å². The van der Waals surface area contributed by atoms with E-state index in [0.29, 0.717) is 13.0 Å². The summed E-state index contributed by atoms with van der Waals surface area (Å²) in [6.07, 6.45) is -1.44. The number of aliphatic hydroxyl groups is 1. The van der Waals surface area contributed by atoms with Crippen molar-refractivity contribution in [2.24, 2.45) is 0 Å². The first-order valence-electron chi connectivity index (χ1n) is 11.2. The Morgan fingerprint density at radius 2 is 1.64 bits per heavy atom. The van der Waals surface area contributed by atoms with Crippen molar-refractivity contribution in [2.45, 2.75) is 38.2 Å². The Balaban J connectivity index is 1.48. The molecule has 0 bridgehead atoms. The van der Waals surface area contributed by atoms with Crippen LogP contribution in [0.1, 0.15) is 43.2 Å². The molecule has 0 radical (unpaired) electrons. The number of aliphatic carboxylic acids is 1. The smallest absolute Gasteiger partial charge is 0.407 e. The third-order valence-electron chi connectivity index (χ3n) is 5.68. The number of nitrogens with one attached hydrogen (secondary N) is 1. The van der Waals surface area contributed by atoms with Crippen LogP contribution in [0.5, 0.6) is 0 Å². The minimum Gasteiger partial charge on any atom is -0.481 e. The lowest BCUT2D eigenvalue weighted by molar-refractivity contribution is -0.139. The molecule has 0 spiro atoms. The summed E-state index contributed by atoms with van der Waals surface area (Å²) in [5, 5.41) is 21.5. The Morgan fingerprint density at radius 3 is 2.21 bits per heavy atom. The Kier molecular flexibility index (Phi) is 8.43. The summed E-state index contributed by atoms with van der Waals surface area (Å²) in [6.45, 7) is 2.42. The molecule has 0 fully saturated rings. The summed E-state index contributed by atoms with van der Waals surface area (Å²) in [7, 11) is 0. The number of hydrogen-bond donors (Lipinski definition) is 3. The fourth-order valence-corrected chi connectivity index (χ4v) is 4.12. The molecule has 8 nitrogen and oxygen atoms in total. The lowest BCUT2D eigenvalue weighted by Crippen LogP contribution is -2.39. The molecular weight excluding hydrogens is 424 g/mol. The van der Waals surface area contributed by atoms with Gasteiger partial charge in [-0.2, -0.15) is 0 Å². The van der Waals surface area contributed by atoms with E-state index in [4.69, 9.17) is 9.84 Å². The van der Waals surface area contributed by atoms with Gasteiger partial charge in [0.25, 0.3) is 0 Å². The first kappa shape index (κ1) is 24.3. The number of amides is 2. The summed E-state index contributed by atoms with van der Waals surface area (Å²) in [5.74, 6) is -1.40. The number of aliphatic hydroxyl groups excluding tert-OH is 1. The summed E-state index contributed by atoms with van der Waals surface area (Å²) in [6, 6.07) is 16.1. The second kappa shape index (κ2) is 11.5. The van der Waals surface area contributed by atoms with Gasteiger partial charge in [-0.1, -0.05) is 55.5 Å². The van der Waals surface area contributed by atoms with Crippen LogP contribution in [0, 0.1) is 0 Å². The topological polar surface area (TPSA) is 116 Å². The molecule has 0 aliphatic heterocycles. The van der Waals surface area contributed by atoms with E-state index in [-0.39, 0.29) is 44.4 Å². The largest absolute Gasteiger partial charge is 0.481 e. The van der Waals surface area contributed by atoms with E-state index in [1.807, 2.05) is 43.3 Å². The van der Waals surface area contributed by atoms with E-state index in [9.17, 15) is 19.5 Å². The maximum atomic E-state index is 12.4. The van der Waals surface area contributed by atoms with E-state index in [1.54, 1.807) is 0 Å². The maximum absolute atomic E-state index is 12.4. The molecule has 3 N–H and O–H groups in total. The number of alkyl carbamates (subject to hydrolysis) is 1. The van der Waals surface area contributed by atoms with E-state index in [0.717, 1.165) is 22.3 Å². The van der Waals surface area contributed by atoms with Crippen LogP contribution in [0.15, 0.2) is 48.5 Å². The van der Waals surface area contributed by atoms with Crippen molar-refractivity contribution in [3.8, 4) is 11.1 Å². The van der Waals surface area contributed by atoms with Gasteiger partial charge in [-0.05, 0) is 28.7 Å². The summed E-state index contributed by atoms with van der Waals surface area (Å²) in [4.78, 5) is 36.8. The van der Waals surface area contributed by atoms with Gasteiger partial charge in [-0.15, -0.1) is 0 Å². The number of rotatable bonds is 11. The number of benzene rings is 2. The number of carbonyl (C=O) groups is 3. The molecule has 2 aromatic rings. The SMILES string of the molecule is CCCN(CCC(=O)O)C(=O)CC(O)CNC(=O)OCC1c2ccccc2-c2ccccc21. The summed E-state index contributed by atoms with van der Waals surface area (Å²) in [5.41, 5.74) is 4.48. The summed E-state index contributed by atoms with van der Waals surface area (Å²) < 4.78 is 5.42. The lowest BCUT2D eigenvalue weighted by Gasteiger charge is -2.23. The minimum absolute atomic E-state index is 0.0634. The molecule has 8 heteroatoms. The van der Waals surface area contributed by atoms with Gasteiger partial charge in [-0.25, -0.2) is 4.79 Å². The molecule has 33 heavy (non-hydrogen) atoms. The monoisotopic (exact) mass is 454 g/mol. The average Bonchev–Trinajstić information content (AvgIpc) is 3.12. The van der Waals surface area contributed by atoms with Gasteiger partial charge in [0.1, 0.15) is 6.61 Å². The highest BCUT2D eigenvalue weighted by atomic mass is 16.5. The van der Waals surface area contributed by atoms with E-state index < -0.39 is 18.2 Å².